The van der Waals surface area contributed by atoms with Crippen LogP contribution in [0.25, 0.3) is 0 Å². The van der Waals surface area contributed by atoms with Gasteiger partial charge in [-0.25, -0.2) is 18.2 Å². The van der Waals surface area contributed by atoms with Gasteiger partial charge in [-0.1, -0.05) is 13.8 Å². The molecule has 1 atom stereocenters. The van der Waals surface area contributed by atoms with E-state index < -0.39 is 38.3 Å². The Labute approximate surface area is 154 Å². The third kappa shape index (κ3) is 5.26. The summed E-state index contributed by atoms with van der Waals surface area (Å²) >= 11 is 0. The summed E-state index contributed by atoms with van der Waals surface area (Å²) in [5.41, 5.74) is 0. The first kappa shape index (κ1) is 22.1. The molecule has 1 heterocycles. The van der Waals surface area contributed by atoms with Crippen molar-refractivity contribution in [2.24, 2.45) is 5.92 Å². The summed E-state index contributed by atoms with van der Waals surface area (Å²) in [4.78, 5) is 29.8. The van der Waals surface area contributed by atoms with Crippen LogP contribution in [0.2, 0.25) is 0 Å². The Kier molecular flexibility index (Phi) is 7.73. The van der Waals surface area contributed by atoms with E-state index in [1.165, 1.54) is 4.90 Å². The summed E-state index contributed by atoms with van der Waals surface area (Å²) in [5, 5.41) is 1.84. The van der Waals surface area contributed by atoms with Crippen LogP contribution in [0, 0.1) is 5.92 Å². The number of esters is 1. The van der Waals surface area contributed by atoms with Crippen LogP contribution in [0.4, 0.5) is 4.79 Å². The molecule has 1 rings (SSSR count). The number of aromatic nitrogens is 3. The normalized spacial score (nSPS) is 13.1. The average molecular weight is 388 g/mol. The first-order valence-electron chi connectivity index (χ1n) is 8.69. The molecule has 1 amide bonds. The van der Waals surface area contributed by atoms with Crippen LogP contribution in [-0.4, -0.2) is 64.5 Å². The first-order chi connectivity index (χ1) is 12.0. The molecular formula is C16H28N4O5S. The molecule has 1 aromatic rings. The van der Waals surface area contributed by atoms with Crippen LogP contribution in [0.3, 0.4) is 0 Å². The molecule has 0 bridgehead atoms. The van der Waals surface area contributed by atoms with Crippen LogP contribution in [0.1, 0.15) is 48.0 Å². The van der Waals surface area contributed by atoms with Crippen LogP contribution in [0.5, 0.6) is 0 Å². The van der Waals surface area contributed by atoms with E-state index in [9.17, 15) is 18.0 Å². The van der Waals surface area contributed by atoms with Crippen LogP contribution in [0.15, 0.2) is 11.5 Å². The van der Waals surface area contributed by atoms with Gasteiger partial charge in [-0.2, -0.15) is 4.68 Å². The minimum Gasteiger partial charge on any atom is -0.462 e. The molecule has 0 unspecified atom stereocenters. The fourth-order valence-electron chi connectivity index (χ4n) is 2.32. The van der Waals surface area contributed by atoms with Crippen molar-refractivity contribution in [1.82, 2.24) is 19.7 Å². The lowest BCUT2D eigenvalue weighted by Gasteiger charge is -2.18. The van der Waals surface area contributed by atoms with Crippen molar-refractivity contribution < 1.29 is 22.7 Å². The maximum absolute atomic E-state index is 12.9. The number of sulfone groups is 1. The molecule has 0 fully saturated rings. The number of rotatable bonds is 8. The highest BCUT2D eigenvalue weighted by molar-refractivity contribution is 7.92. The molecule has 0 aliphatic rings. The number of ether oxygens (including phenoxy) is 1. The van der Waals surface area contributed by atoms with Crippen molar-refractivity contribution in [3.8, 4) is 0 Å². The molecule has 26 heavy (non-hydrogen) atoms. The molecule has 0 saturated heterocycles. The standard InChI is InChI=1S/C16H28N4O5S/c1-7-19(8-2)16(22)20-10-17-15(18-20)26(23,24)13(9-11(3)4)14(21)25-12(5)6/h10-13H,7-9H2,1-6H3/t13-/m1/s1. The Balaban J connectivity index is 3.20. The predicted molar refractivity (Wildman–Crippen MR) is 95.4 cm³/mol. The summed E-state index contributed by atoms with van der Waals surface area (Å²) in [6.07, 6.45) is 0.683. The zero-order valence-corrected chi connectivity index (χ0v) is 17.0. The zero-order valence-electron chi connectivity index (χ0n) is 16.2. The van der Waals surface area contributed by atoms with Gasteiger partial charge in [-0.3, -0.25) is 4.79 Å². The number of nitrogens with zero attached hydrogens (tertiary/aromatic N) is 4. The average Bonchev–Trinajstić information content (AvgIpc) is 3.03. The van der Waals surface area contributed by atoms with Crippen molar-refractivity contribution in [1.29, 1.82) is 0 Å². The zero-order chi connectivity index (χ0) is 20.1. The minimum atomic E-state index is -4.18. The second-order valence-corrected chi connectivity index (χ2v) is 8.60. The van der Waals surface area contributed by atoms with E-state index >= 15 is 0 Å². The lowest BCUT2D eigenvalue weighted by molar-refractivity contribution is -0.147. The highest BCUT2D eigenvalue weighted by Crippen LogP contribution is 2.21. The molecule has 0 aliphatic heterocycles. The lowest BCUT2D eigenvalue weighted by Crippen LogP contribution is -2.36. The van der Waals surface area contributed by atoms with Gasteiger partial charge in [0.25, 0.3) is 5.16 Å². The Morgan fingerprint density at radius 2 is 1.77 bits per heavy atom. The number of carbonyl (C=O) groups is 2. The van der Waals surface area contributed by atoms with Crippen molar-refractivity contribution >= 4 is 21.8 Å². The van der Waals surface area contributed by atoms with Gasteiger partial charge < -0.3 is 9.64 Å². The molecule has 0 radical (unpaired) electrons. The van der Waals surface area contributed by atoms with E-state index in [0.717, 1.165) is 11.0 Å². The largest absolute Gasteiger partial charge is 0.462 e. The molecule has 9 nitrogen and oxygen atoms in total. The Morgan fingerprint density at radius 3 is 2.23 bits per heavy atom. The highest BCUT2D eigenvalue weighted by atomic mass is 32.2. The van der Waals surface area contributed by atoms with Crippen LogP contribution in [-0.2, 0) is 19.4 Å². The first-order valence-corrected chi connectivity index (χ1v) is 10.2. The molecule has 0 spiro atoms. The lowest BCUT2D eigenvalue weighted by atomic mass is 10.1. The molecule has 10 heteroatoms. The Bertz CT molecular complexity index is 723. The van der Waals surface area contributed by atoms with Crippen molar-refractivity contribution in [2.45, 2.75) is 64.5 Å². The maximum atomic E-state index is 12.9. The fraction of sp³-hybridized carbons (Fsp3) is 0.750. The van der Waals surface area contributed by atoms with Gasteiger partial charge in [0.05, 0.1) is 6.10 Å². The van der Waals surface area contributed by atoms with Gasteiger partial charge in [0.1, 0.15) is 6.33 Å². The maximum Gasteiger partial charge on any atom is 0.346 e. The van der Waals surface area contributed by atoms with E-state index in [4.69, 9.17) is 4.74 Å². The SMILES string of the molecule is CCN(CC)C(=O)n1cnc(S(=O)(=O)[C@H](CC(C)C)C(=O)OC(C)C)n1. The summed E-state index contributed by atoms with van der Waals surface area (Å²) in [7, 11) is -4.18. The van der Waals surface area contributed by atoms with E-state index in [1.807, 2.05) is 0 Å². The van der Waals surface area contributed by atoms with E-state index in [0.29, 0.717) is 13.1 Å². The smallest absolute Gasteiger partial charge is 0.346 e. The molecular weight excluding hydrogens is 360 g/mol. The van der Waals surface area contributed by atoms with E-state index in [-0.39, 0.29) is 12.3 Å². The summed E-state index contributed by atoms with van der Waals surface area (Å²) < 4.78 is 31.7. The van der Waals surface area contributed by atoms with Gasteiger partial charge in [0.15, 0.2) is 5.25 Å². The number of amides is 1. The molecule has 0 saturated carbocycles. The van der Waals surface area contributed by atoms with Gasteiger partial charge in [-0.15, -0.1) is 5.10 Å². The Morgan fingerprint density at radius 1 is 1.19 bits per heavy atom. The fourth-order valence-corrected chi connectivity index (χ4v) is 3.92. The van der Waals surface area contributed by atoms with Crippen molar-refractivity contribution in [3.05, 3.63) is 6.33 Å². The monoisotopic (exact) mass is 388 g/mol. The summed E-state index contributed by atoms with van der Waals surface area (Å²) in [6.45, 7) is 11.4. The molecule has 0 aromatic carbocycles. The summed E-state index contributed by atoms with van der Waals surface area (Å²) in [5.74, 6) is -0.894. The number of hydrogen-bond donors (Lipinski definition) is 0. The van der Waals surface area contributed by atoms with E-state index in [2.05, 4.69) is 10.1 Å². The van der Waals surface area contributed by atoms with Gasteiger partial charge in [-0.05, 0) is 40.0 Å². The third-order valence-electron chi connectivity index (χ3n) is 3.63. The number of hydrogen-bond acceptors (Lipinski definition) is 7. The van der Waals surface area contributed by atoms with E-state index in [1.54, 1.807) is 41.5 Å². The quantitative estimate of drug-likeness (QED) is 0.623. The van der Waals surface area contributed by atoms with Gasteiger partial charge in [0.2, 0.25) is 9.84 Å². The topological polar surface area (TPSA) is 111 Å². The van der Waals surface area contributed by atoms with Crippen molar-refractivity contribution in [2.75, 3.05) is 13.1 Å². The third-order valence-corrected chi connectivity index (χ3v) is 5.46. The predicted octanol–water partition coefficient (Wildman–Crippen LogP) is 1.73. The second kappa shape index (κ2) is 9.11. The Hall–Kier alpha value is -1.97. The number of carbonyl (C=O) groups excluding carboxylic acids is 2. The summed E-state index contributed by atoms with van der Waals surface area (Å²) in [6, 6.07) is -0.478. The molecule has 148 valence electrons. The van der Waals surface area contributed by atoms with Gasteiger partial charge in [0, 0.05) is 13.1 Å². The highest BCUT2D eigenvalue weighted by Gasteiger charge is 2.39. The second-order valence-electron chi connectivity index (χ2n) is 6.58. The minimum absolute atomic E-state index is 0.0612. The van der Waals surface area contributed by atoms with Crippen LogP contribution >= 0.6 is 0 Å². The van der Waals surface area contributed by atoms with Gasteiger partial charge >= 0.3 is 12.0 Å². The molecule has 0 aliphatic carbocycles. The van der Waals surface area contributed by atoms with Crippen molar-refractivity contribution in [3.63, 3.8) is 0 Å². The van der Waals surface area contributed by atoms with Crippen LogP contribution < -0.4 is 0 Å². The molecule has 1 aromatic heterocycles. The molecule has 0 N–H and O–H groups in total.